The minimum Gasteiger partial charge on any atom is -0.436 e. The van der Waals surface area contributed by atoms with Gasteiger partial charge in [-0.25, -0.2) is 4.98 Å². The molecule has 35 heavy (non-hydrogen) atoms. The van der Waals surface area contributed by atoms with Crippen LogP contribution in [-0.2, 0) is 22.4 Å². The zero-order valence-corrected chi connectivity index (χ0v) is 18.9. The molecule has 0 aliphatic heterocycles. The van der Waals surface area contributed by atoms with Gasteiger partial charge in [-0.2, -0.15) is 0 Å². The lowest BCUT2D eigenvalue weighted by Crippen LogP contribution is -2.16. The maximum Gasteiger partial charge on any atom is 0.228 e. The summed E-state index contributed by atoms with van der Waals surface area (Å²) in [5, 5.41) is 5.88. The van der Waals surface area contributed by atoms with E-state index in [9.17, 15) is 9.59 Å². The lowest BCUT2D eigenvalue weighted by molar-refractivity contribution is -0.116. The van der Waals surface area contributed by atoms with Gasteiger partial charge < -0.3 is 15.1 Å². The van der Waals surface area contributed by atoms with Gasteiger partial charge in [0.2, 0.25) is 17.7 Å². The van der Waals surface area contributed by atoms with Crippen molar-refractivity contribution in [2.75, 3.05) is 10.6 Å². The van der Waals surface area contributed by atoms with Gasteiger partial charge in [-0.1, -0.05) is 72.8 Å². The Hall–Kier alpha value is -4.71. The van der Waals surface area contributed by atoms with Crippen molar-refractivity contribution in [2.45, 2.75) is 12.8 Å². The molecule has 0 unspecified atom stereocenters. The zero-order valence-electron chi connectivity index (χ0n) is 18.9. The molecule has 0 fully saturated rings. The maximum atomic E-state index is 12.7. The van der Waals surface area contributed by atoms with Gasteiger partial charge in [0, 0.05) is 16.9 Å². The molecule has 5 rings (SSSR count). The lowest BCUT2D eigenvalue weighted by atomic mass is 10.1. The molecular weight excluding hydrogens is 438 g/mol. The molecule has 0 saturated heterocycles. The van der Waals surface area contributed by atoms with Gasteiger partial charge in [-0.05, 0) is 41.5 Å². The number of oxazole rings is 1. The Morgan fingerprint density at radius 3 is 1.71 bits per heavy atom. The highest BCUT2D eigenvalue weighted by Crippen LogP contribution is 2.30. The van der Waals surface area contributed by atoms with Gasteiger partial charge in [0.15, 0.2) is 5.58 Å². The third-order valence-corrected chi connectivity index (χ3v) is 5.46. The van der Waals surface area contributed by atoms with Gasteiger partial charge in [-0.3, -0.25) is 9.59 Å². The summed E-state index contributed by atoms with van der Waals surface area (Å²) in [4.78, 5) is 30.0. The second-order valence-electron chi connectivity index (χ2n) is 8.21. The van der Waals surface area contributed by atoms with Crippen LogP contribution in [0.2, 0.25) is 0 Å². The van der Waals surface area contributed by atoms with Crippen LogP contribution in [0, 0.1) is 0 Å². The van der Waals surface area contributed by atoms with Crippen molar-refractivity contribution in [3.63, 3.8) is 0 Å². The van der Waals surface area contributed by atoms with E-state index in [4.69, 9.17) is 4.42 Å². The van der Waals surface area contributed by atoms with E-state index in [1.807, 2.05) is 84.9 Å². The molecule has 0 bridgehead atoms. The molecule has 2 N–H and O–H groups in total. The average molecular weight is 462 g/mol. The molecular formula is C29H23N3O3. The van der Waals surface area contributed by atoms with Crippen LogP contribution in [-0.4, -0.2) is 16.8 Å². The van der Waals surface area contributed by atoms with Crippen LogP contribution >= 0.6 is 0 Å². The Morgan fingerprint density at radius 1 is 0.657 bits per heavy atom. The van der Waals surface area contributed by atoms with Gasteiger partial charge >= 0.3 is 0 Å². The summed E-state index contributed by atoms with van der Waals surface area (Å²) in [5.74, 6) is 0.0869. The standard InChI is InChI=1S/C29H23N3O3/c33-27(15-20-9-3-1-4-10-20)30-23-17-22(29-32-25-13-7-8-14-26(25)35-29)18-24(19-23)31-28(34)16-21-11-5-2-6-12-21/h1-14,17-19H,15-16H2,(H,30,33)(H,31,34). The molecule has 1 aromatic heterocycles. The van der Waals surface area contributed by atoms with Crippen LogP contribution in [0.25, 0.3) is 22.6 Å². The minimum absolute atomic E-state index is 0.160. The molecule has 6 nitrogen and oxygen atoms in total. The molecule has 0 saturated carbocycles. The molecule has 1 heterocycles. The molecule has 172 valence electrons. The predicted octanol–water partition coefficient (Wildman–Crippen LogP) is 5.86. The van der Waals surface area contributed by atoms with Crippen LogP contribution in [0.5, 0.6) is 0 Å². The number of aromatic nitrogens is 1. The number of benzene rings is 4. The highest BCUT2D eigenvalue weighted by atomic mass is 16.3. The van der Waals surface area contributed by atoms with E-state index in [-0.39, 0.29) is 24.7 Å². The number of nitrogens with one attached hydrogen (secondary N) is 2. The second kappa shape index (κ2) is 10.1. The number of nitrogens with zero attached hydrogens (tertiary/aromatic N) is 1. The summed E-state index contributed by atoms with van der Waals surface area (Å²) >= 11 is 0. The molecule has 6 heteroatoms. The van der Waals surface area contributed by atoms with Crippen molar-refractivity contribution in [3.05, 3.63) is 114 Å². The van der Waals surface area contributed by atoms with Crippen molar-refractivity contribution >= 4 is 34.3 Å². The number of fused-ring (bicyclic) bond motifs is 1. The van der Waals surface area contributed by atoms with E-state index in [0.717, 1.165) is 16.6 Å². The Bertz CT molecular complexity index is 1370. The van der Waals surface area contributed by atoms with Crippen LogP contribution in [0.3, 0.4) is 0 Å². The topological polar surface area (TPSA) is 84.2 Å². The number of carbonyl (C=O) groups is 2. The number of hydrogen-bond donors (Lipinski definition) is 2. The Labute approximate surface area is 202 Å². The van der Waals surface area contributed by atoms with Crippen molar-refractivity contribution < 1.29 is 14.0 Å². The smallest absolute Gasteiger partial charge is 0.228 e. The lowest BCUT2D eigenvalue weighted by Gasteiger charge is -2.11. The second-order valence-corrected chi connectivity index (χ2v) is 8.21. The van der Waals surface area contributed by atoms with E-state index in [1.165, 1.54) is 0 Å². The van der Waals surface area contributed by atoms with E-state index in [0.29, 0.717) is 28.4 Å². The van der Waals surface area contributed by atoms with Gasteiger partial charge in [-0.15, -0.1) is 0 Å². The third kappa shape index (κ3) is 5.62. The first-order chi connectivity index (χ1) is 17.1. The summed E-state index contributed by atoms with van der Waals surface area (Å²) in [5.41, 5.74) is 4.95. The van der Waals surface area contributed by atoms with Gasteiger partial charge in [0.1, 0.15) is 5.52 Å². The minimum atomic E-state index is -0.160. The van der Waals surface area contributed by atoms with E-state index in [2.05, 4.69) is 15.6 Å². The largest absolute Gasteiger partial charge is 0.436 e. The van der Waals surface area contributed by atoms with Crippen LogP contribution in [0.15, 0.2) is 108 Å². The number of amides is 2. The summed E-state index contributed by atoms with van der Waals surface area (Å²) in [7, 11) is 0. The molecule has 0 spiro atoms. The van der Waals surface area contributed by atoms with Crippen LogP contribution in [0.4, 0.5) is 11.4 Å². The summed E-state index contributed by atoms with van der Waals surface area (Å²) in [6.07, 6.45) is 0.479. The Balaban J connectivity index is 1.42. The third-order valence-electron chi connectivity index (χ3n) is 5.46. The Morgan fingerprint density at radius 2 is 1.17 bits per heavy atom. The first-order valence-electron chi connectivity index (χ1n) is 11.3. The fourth-order valence-corrected chi connectivity index (χ4v) is 3.86. The number of para-hydroxylation sites is 2. The van der Waals surface area contributed by atoms with Crippen molar-refractivity contribution in [3.8, 4) is 11.5 Å². The van der Waals surface area contributed by atoms with Gasteiger partial charge in [0.25, 0.3) is 0 Å². The Kier molecular flexibility index (Phi) is 6.35. The van der Waals surface area contributed by atoms with E-state index < -0.39 is 0 Å². The summed E-state index contributed by atoms with van der Waals surface area (Å²) in [6, 6.07) is 31.9. The first kappa shape index (κ1) is 22.1. The van der Waals surface area contributed by atoms with Crippen LogP contribution in [0.1, 0.15) is 11.1 Å². The van der Waals surface area contributed by atoms with Crippen molar-refractivity contribution in [1.82, 2.24) is 4.98 Å². The van der Waals surface area contributed by atoms with Crippen molar-refractivity contribution in [1.29, 1.82) is 0 Å². The number of carbonyl (C=O) groups excluding carboxylic acids is 2. The molecule has 0 aliphatic carbocycles. The summed E-state index contributed by atoms with van der Waals surface area (Å²) in [6.45, 7) is 0. The monoisotopic (exact) mass is 461 g/mol. The van der Waals surface area contributed by atoms with Crippen LogP contribution < -0.4 is 10.6 Å². The SMILES string of the molecule is O=C(Cc1ccccc1)Nc1cc(NC(=O)Cc2ccccc2)cc(-c2nc3ccccc3o2)c1. The normalized spacial score (nSPS) is 10.7. The quantitative estimate of drug-likeness (QED) is 0.318. The average Bonchev–Trinajstić information content (AvgIpc) is 3.29. The van der Waals surface area contributed by atoms with E-state index >= 15 is 0 Å². The highest BCUT2D eigenvalue weighted by molar-refractivity contribution is 5.96. The molecule has 0 aliphatic rings. The predicted molar refractivity (Wildman–Crippen MR) is 137 cm³/mol. The van der Waals surface area contributed by atoms with Gasteiger partial charge in [0.05, 0.1) is 12.8 Å². The molecule has 5 aromatic rings. The number of anilines is 2. The van der Waals surface area contributed by atoms with E-state index in [1.54, 1.807) is 18.2 Å². The molecule has 2 amide bonds. The number of rotatable bonds is 7. The summed E-state index contributed by atoms with van der Waals surface area (Å²) < 4.78 is 5.93. The molecule has 4 aromatic carbocycles. The zero-order chi connectivity index (χ0) is 24.0. The fraction of sp³-hybridized carbons (Fsp3) is 0.0690. The number of hydrogen-bond acceptors (Lipinski definition) is 4. The molecule has 0 atom stereocenters. The maximum absolute atomic E-state index is 12.7. The first-order valence-corrected chi connectivity index (χ1v) is 11.3. The fourth-order valence-electron chi connectivity index (χ4n) is 3.86. The molecule has 0 radical (unpaired) electrons. The highest BCUT2D eigenvalue weighted by Gasteiger charge is 2.14. The van der Waals surface area contributed by atoms with Crippen molar-refractivity contribution in [2.24, 2.45) is 0 Å².